The molecule has 2 atom stereocenters. The Morgan fingerprint density at radius 1 is 1.38 bits per heavy atom. The summed E-state index contributed by atoms with van der Waals surface area (Å²) in [4.78, 5) is 5.51. The number of likely N-dealkylation sites (tertiary alicyclic amines) is 1. The van der Waals surface area contributed by atoms with Crippen LogP contribution < -0.4 is 5.32 Å². The Morgan fingerprint density at radius 3 is 2.92 bits per heavy atom. The third kappa shape index (κ3) is 4.36. The van der Waals surface area contributed by atoms with Gasteiger partial charge in [-0.3, -0.25) is 4.90 Å². The van der Waals surface area contributed by atoms with Gasteiger partial charge in [0.15, 0.2) is 0 Å². The van der Waals surface area contributed by atoms with Crippen LogP contribution >= 0.6 is 0 Å². The van der Waals surface area contributed by atoms with Crippen LogP contribution in [-0.2, 0) is 0 Å². The first kappa shape index (κ1) is 17.0. The molecule has 1 saturated heterocycles. The normalized spacial score (nSPS) is 20.4. The van der Waals surface area contributed by atoms with E-state index in [9.17, 15) is 13.2 Å². The average molecular weight is 338 g/mol. The summed E-state index contributed by atoms with van der Waals surface area (Å²) in [5.74, 6) is 0. The van der Waals surface area contributed by atoms with Gasteiger partial charge in [0.05, 0.1) is 12.9 Å². The lowest BCUT2D eigenvalue weighted by molar-refractivity contribution is -0.143. The zero-order valence-electron chi connectivity index (χ0n) is 13.5. The number of benzene rings is 1. The molecule has 0 unspecified atom stereocenters. The van der Waals surface area contributed by atoms with E-state index in [1.165, 1.54) is 4.90 Å². The topological polar surface area (TPSA) is 33.1 Å². The summed E-state index contributed by atoms with van der Waals surface area (Å²) in [6.07, 6.45) is 1.95. The van der Waals surface area contributed by atoms with Crippen LogP contribution in [0.1, 0.15) is 24.9 Å². The monoisotopic (exact) mass is 338 g/mol. The molecule has 24 heavy (non-hydrogen) atoms. The van der Waals surface area contributed by atoms with Gasteiger partial charge in [-0.25, -0.2) is 4.98 Å². The van der Waals surface area contributed by atoms with Crippen LogP contribution in [0.15, 0.2) is 43.0 Å². The predicted octanol–water partition coefficient (Wildman–Crippen LogP) is 3.16. The second-order valence-electron chi connectivity index (χ2n) is 6.29. The number of nitrogens with zero attached hydrogens (tertiary/aromatic N) is 3. The molecule has 4 nitrogen and oxygen atoms in total. The maximum atomic E-state index is 12.5. The number of hydrogen-bond acceptors (Lipinski definition) is 3. The van der Waals surface area contributed by atoms with Crippen molar-refractivity contribution in [2.24, 2.45) is 0 Å². The first-order valence-electron chi connectivity index (χ1n) is 8.04. The van der Waals surface area contributed by atoms with Gasteiger partial charge in [0.25, 0.3) is 0 Å². The smallest absolute Gasteiger partial charge is 0.306 e. The molecule has 1 aliphatic heterocycles. The lowest BCUT2D eigenvalue weighted by Gasteiger charge is -2.22. The van der Waals surface area contributed by atoms with E-state index >= 15 is 0 Å². The Labute approximate surface area is 139 Å². The molecule has 1 aliphatic rings. The molecule has 3 rings (SSSR count). The molecule has 0 spiro atoms. The van der Waals surface area contributed by atoms with Crippen LogP contribution in [0.3, 0.4) is 0 Å². The van der Waals surface area contributed by atoms with Crippen LogP contribution in [-0.4, -0.2) is 46.3 Å². The SMILES string of the molecule is C[C@H](N[C@@H]1CCN(CC(F)(F)F)C1)c1cccc(-n2ccnc2)c1. The second-order valence-corrected chi connectivity index (χ2v) is 6.29. The van der Waals surface area contributed by atoms with Gasteiger partial charge in [0.1, 0.15) is 0 Å². The Balaban J connectivity index is 1.60. The van der Waals surface area contributed by atoms with Crippen molar-refractivity contribution >= 4 is 0 Å². The highest BCUT2D eigenvalue weighted by atomic mass is 19.4. The van der Waals surface area contributed by atoms with Crippen LogP contribution in [0.4, 0.5) is 13.2 Å². The summed E-state index contributed by atoms with van der Waals surface area (Å²) in [6, 6.07) is 8.23. The molecule has 1 N–H and O–H groups in total. The fourth-order valence-corrected chi connectivity index (χ4v) is 3.18. The molecule has 0 amide bonds. The molecule has 2 heterocycles. The molecule has 2 aromatic rings. The van der Waals surface area contributed by atoms with Crippen molar-refractivity contribution in [1.29, 1.82) is 0 Å². The summed E-state index contributed by atoms with van der Waals surface area (Å²) in [7, 11) is 0. The van der Waals surface area contributed by atoms with Crippen molar-refractivity contribution in [2.45, 2.75) is 31.6 Å². The van der Waals surface area contributed by atoms with Crippen molar-refractivity contribution in [3.05, 3.63) is 48.5 Å². The van der Waals surface area contributed by atoms with Crippen molar-refractivity contribution in [3.63, 3.8) is 0 Å². The first-order chi connectivity index (χ1) is 11.4. The number of halogens is 3. The minimum atomic E-state index is -4.13. The van der Waals surface area contributed by atoms with Gasteiger partial charge in [0, 0.05) is 43.3 Å². The zero-order valence-corrected chi connectivity index (χ0v) is 13.5. The first-order valence-corrected chi connectivity index (χ1v) is 8.04. The minimum absolute atomic E-state index is 0.0734. The van der Waals surface area contributed by atoms with Gasteiger partial charge in [-0.15, -0.1) is 0 Å². The number of aromatic nitrogens is 2. The van der Waals surface area contributed by atoms with Crippen molar-refractivity contribution in [3.8, 4) is 5.69 Å². The van der Waals surface area contributed by atoms with E-state index in [1.54, 1.807) is 12.5 Å². The highest BCUT2D eigenvalue weighted by Gasteiger charge is 2.34. The number of rotatable bonds is 5. The number of nitrogens with one attached hydrogen (secondary N) is 1. The lowest BCUT2D eigenvalue weighted by Crippen LogP contribution is -2.37. The van der Waals surface area contributed by atoms with Gasteiger partial charge in [-0.05, 0) is 31.0 Å². The van der Waals surface area contributed by atoms with Gasteiger partial charge < -0.3 is 9.88 Å². The van der Waals surface area contributed by atoms with E-state index in [0.717, 1.165) is 17.7 Å². The molecule has 130 valence electrons. The molecule has 1 aromatic heterocycles. The Kier molecular flexibility index (Phi) is 4.91. The van der Waals surface area contributed by atoms with E-state index in [4.69, 9.17) is 0 Å². The number of hydrogen-bond donors (Lipinski definition) is 1. The van der Waals surface area contributed by atoms with Crippen molar-refractivity contribution in [1.82, 2.24) is 19.8 Å². The number of imidazole rings is 1. The quantitative estimate of drug-likeness (QED) is 0.909. The van der Waals surface area contributed by atoms with Crippen LogP contribution in [0.25, 0.3) is 5.69 Å². The molecule has 0 bridgehead atoms. The number of alkyl halides is 3. The largest absolute Gasteiger partial charge is 0.401 e. The zero-order chi connectivity index (χ0) is 17.2. The fourth-order valence-electron chi connectivity index (χ4n) is 3.18. The fraction of sp³-hybridized carbons (Fsp3) is 0.471. The second kappa shape index (κ2) is 6.94. The Hall–Kier alpha value is -1.86. The van der Waals surface area contributed by atoms with Gasteiger partial charge in [-0.1, -0.05) is 12.1 Å². The summed E-state index contributed by atoms with van der Waals surface area (Å²) < 4.78 is 39.3. The molecule has 0 radical (unpaired) electrons. The maximum Gasteiger partial charge on any atom is 0.401 e. The van der Waals surface area contributed by atoms with Gasteiger partial charge in [-0.2, -0.15) is 13.2 Å². The Morgan fingerprint density at radius 2 is 2.21 bits per heavy atom. The van der Waals surface area contributed by atoms with E-state index in [2.05, 4.69) is 16.4 Å². The van der Waals surface area contributed by atoms with E-state index in [1.807, 2.05) is 35.9 Å². The maximum absolute atomic E-state index is 12.5. The average Bonchev–Trinajstić information content (AvgIpc) is 3.18. The molecule has 1 aromatic carbocycles. The van der Waals surface area contributed by atoms with Crippen LogP contribution in [0, 0.1) is 0 Å². The molecule has 0 saturated carbocycles. The van der Waals surface area contributed by atoms with E-state index < -0.39 is 12.7 Å². The third-order valence-electron chi connectivity index (χ3n) is 4.33. The van der Waals surface area contributed by atoms with Crippen LogP contribution in [0.2, 0.25) is 0 Å². The van der Waals surface area contributed by atoms with Gasteiger partial charge in [0.2, 0.25) is 0 Å². The van der Waals surface area contributed by atoms with E-state index in [-0.39, 0.29) is 12.1 Å². The Bertz CT molecular complexity index is 654. The lowest BCUT2D eigenvalue weighted by atomic mass is 10.1. The van der Waals surface area contributed by atoms with E-state index in [0.29, 0.717) is 13.1 Å². The van der Waals surface area contributed by atoms with Crippen LogP contribution in [0.5, 0.6) is 0 Å². The summed E-state index contributed by atoms with van der Waals surface area (Å²) in [5.41, 5.74) is 2.12. The minimum Gasteiger partial charge on any atom is -0.306 e. The molecular weight excluding hydrogens is 317 g/mol. The molecule has 1 fully saturated rings. The molecule has 0 aliphatic carbocycles. The summed E-state index contributed by atoms with van der Waals surface area (Å²) in [5, 5.41) is 3.45. The summed E-state index contributed by atoms with van der Waals surface area (Å²) in [6.45, 7) is 2.14. The van der Waals surface area contributed by atoms with Crippen molar-refractivity contribution in [2.75, 3.05) is 19.6 Å². The molecular formula is C17H21F3N4. The predicted molar refractivity (Wildman–Crippen MR) is 86.0 cm³/mol. The standard InChI is InChI=1S/C17H21F3N4/c1-13(22-15-5-7-23(10-15)11-17(18,19)20)14-3-2-4-16(9-14)24-8-6-21-12-24/h2-4,6,8-9,12-13,15,22H,5,7,10-11H2,1H3/t13-,15+/m0/s1. The van der Waals surface area contributed by atoms with Crippen molar-refractivity contribution < 1.29 is 13.2 Å². The molecule has 7 heteroatoms. The summed E-state index contributed by atoms with van der Waals surface area (Å²) >= 11 is 0. The third-order valence-corrected chi connectivity index (χ3v) is 4.33. The highest BCUT2D eigenvalue weighted by Crippen LogP contribution is 2.22. The van der Waals surface area contributed by atoms with Gasteiger partial charge >= 0.3 is 6.18 Å². The highest BCUT2D eigenvalue weighted by molar-refractivity contribution is 5.37.